The van der Waals surface area contributed by atoms with Crippen LogP contribution in [0.15, 0.2) is 30.3 Å². The molecule has 0 spiro atoms. The molecular formula is C22H30N2O3. The first-order valence-electron chi connectivity index (χ1n) is 9.92. The summed E-state index contributed by atoms with van der Waals surface area (Å²) in [4.78, 5) is 27.5. The van der Waals surface area contributed by atoms with Gasteiger partial charge in [0.15, 0.2) is 0 Å². The molecule has 146 valence electrons. The molecule has 5 heteroatoms. The monoisotopic (exact) mass is 370 g/mol. The molecule has 1 saturated heterocycles. The van der Waals surface area contributed by atoms with Gasteiger partial charge in [-0.15, -0.1) is 0 Å². The van der Waals surface area contributed by atoms with Crippen LogP contribution in [0.3, 0.4) is 0 Å². The second kappa shape index (κ2) is 8.26. The maximum atomic E-state index is 12.2. The number of hydrogen-bond donors (Lipinski definition) is 1. The minimum absolute atomic E-state index is 0.00993. The zero-order valence-electron chi connectivity index (χ0n) is 16.5. The van der Waals surface area contributed by atoms with Crippen LogP contribution in [0.4, 0.5) is 0 Å². The first kappa shape index (κ1) is 19.6. The van der Waals surface area contributed by atoms with E-state index >= 15 is 0 Å². The molecule has 2 aliphatic rings. The summed E-state index contributed by atoms with van der Waals surface area (Å²) in [7, 11) is 0. The highest BCUT2D eigenvalue weighted by Crippen LogP contribution is 2.41. The first-order chi connectivity index (χ1) is 13.0. The van der Waals surface area contributed by atoms with Crippen molar-refractivity contribution in [3.8, 4) is 0 Å². The number of rotatable bonds is 6. The number of nitrogens with zero attached hydrogens (tertiary/aromatic N) is 2. The second-order valence-corrected chi connectivity index (χ2v) is 7.57. The molecule has 1 aromatic rings. The first-order valence-corrected chi connectivity index (χ1v) is 9.92. The van der Waals surface area contributed by atoms with Crippen LogP contribution in [0.1, 0.15) is 57.1 Å². The summed E-state index contributed by atoms with van der Waals surface area (Å²) in [6.07, 6.45) is 5.81. The summed E-state index contributed by atoms with van der Waals surface area (Å²) in [5, 5.41) is 9.90. The van der Waals surface area contributed by atoms with E-state index in [2.05, 4.69) is 30.3 Å². The molecule has 0 bridgehead atoms. The lowest BCUT2D eigenvalue weighted by atomic mass is 9.74. The maximum Gasteiger partial charge on any atom is 0.220 e. The average Bonchev–Trinajstić information content (AvgIpc) is 3.16. The number of allylic oxidation sites excluding steroid dienone is 2. The lowest BCUT2D eigenvalue weighted by Crippen LogP contribution is -2.68. The number of likely N-dealkylation sites (N-methyl/N-ethyl adjacent to an activating group) is 1. The van der Waals surface area contributed by atoms with Crippen molar-refractivity contribution in [2.45, 2.75) is 58.0 Å². The molecule has 2 amide bonds. The highest BCUT2D eigenvalue weighted by molar-refractivity contribution is 5.77. The SMILES string of the molecule is CCN(C[C@H]1[C@H](c2ccc(C3=CCCC3)cc2)[C@@H](CO)N1C(C)=O)C(C)=O. The van der Waals surface area contributed by atoms with E-state index in [0.717, 1.165) is 18.4 Å². The fourth-order valence-corrected chi connectivity index (χ4v) is 4.62. The molecule has 1 aromatic carbocycles. The number of carbonyl (C=O) groups is 2. The van der Waals surface area contributed by atoms with E-state index in [4.69, 9.17) is 0 Å². The molecule has 3 rings (SSSR count). The van der Waals surface area contributed by atoms with Gasteiger partial charge in [-0.1, -0.05) is 30.3 Å². The van der Waals surface area contributed by atoms with Crippen LogP contribution >= 0.6 is 0 Å². The Morgan fingerprint density at radius 3 is 2.37 bits per heavy atom. The Labute approximate surface area is 161 Å². The predicted molar refractivity (Wildman–Crippen MR) is 106 cm³/mol. The Morgan fingerprint density at radius 1 is 1.19 bits per heavy atom. The number of hydrogen-bond acceptors (Lipinski definition) is 3. The van der Waals surface area contributed by atoms with Crippen molar-refractivity contribution in [1.29, 1.82) is 0 Å². The number of likely N-dealkylation sites (tertiary alicyclic amines) is 1. The standard InChI is InChI=1S/C22H30N2O3/c1-4-23(15(2)26)13-20-22(21(14-25)24(20)16(3)27)19-11-9-18(10-12-19)17-7-5-6-8-17/h7,9-12,20-22,25H,4-6,8,13-14H2,1-3H3/t20-,21+,22-/m0/s1. The molecule has 1 fully saturated rings. The van der Waals surface area contributed by atoms with Gasteiger partial charge in [0.25, 0.3) is 0 Å². The van der Waals surface area contributed by atoms with Gasteiger partial charge in [-0.25, -0.2) is 0 Å². The zero-order chi connectivity index (χ0) is 19.6. The highest BCUT2D eigenvalue weighted by Gasteiger charge is 2.50. The third-order valence-electron chi connectivity index (χ3n) is 6.04. The average molecular weight is 370 g/mol. The van der Waals surface area contributed by atoms with Crippen LogP contribution in [-0.2, 0) is 9.59 Å². The zero-order valence-corrected chi connectivity index (χ0v) is 16.5. The van der Waals surface area contributed by atoms with E-state index in [9.17, 15) is 14.7 Å². The predicted octanol–water partition coefficient (Wildman–Crippen LogP) is 2.80. The van der Waals surface area contributed by atoms with Crippen molar-refractivity contribution in [2.75, 3.05) is 19.7 Å². The summed E-state index contributed by atoms with van der Waals surface area (Å²) in [6, 6.07) is 8.22. The van der Waals surface area contributed by atoms with Crippen molar-refractivity contribution >= 4 is 17.4 Å². The van der Waals surface area contributed by atoms with Gasteiger partial charge in [0.05, 0.1) is 18.7 Å². The largest absolute Gasteiger partial charge is 0.394 e. The van der Waals surface area contributed by atoms with E-state index in [1.807, 2.05) is 6.92 Å². The van der Waals surface area contributed by atoms with Gasteiger partial charge in [0.1, 0.15) is 0 Å². The molecule has 0 radical (unpaired) electrons. The van der Waals surface area contributed by atoms with E-state index in [-0.39, 0.29) is 36.4 Å². The van der Waals surface area contributed by atoms with Crippen LogP contribution in [-0.4, -0.2) is 58.5 Å². The van der Waals surface area contributed by atoms with Crippen molar-refractivity contribution in [3.05, 3.63) is 41.5 Å². The number of aliphatic hydroxyl groups is 1. The molecule has 5 nitrogen and oxygen atoms in total. The Balaban J connectivity index is 1.85. The van der Waals surface area contributed by atoms with Crippen molar-refractivity contribution in [2.24, 2.45) is 0 Å². The minimum atomic E-state index is -0.227. The Bertz CT molecular complexity index is 726. The molecule has 3 atom stereocenters. The maximum absolute atomic E-state index is 12.2. The van der Waals surface area contributed by atoms with Gasteiger partial charge in [0.2, 0.25) is 11.8 Å². The fourth-order valence-electron chi connectivity index (χ4n) is 4.62. The van der Waals surface area contributed by atoms with Gasteiger partial charge >= 0.3 is 0 Å². The van der Waals surface area contributed by atoms with Gasteiger partial charge in [-0.3, -0.25) is 9.59 Å². The third-order valence-corrected chi connectivity index (χ3v) is 6.04. The number of carbonyl (C=O) groups excluding carboxylic acids is 2. The molecule has 1 aliphatic carbocycles. The minimum Gasteiger partial charge on any atom is -0.394 e. The summed E-state index contributed by atoms with van der Waals surface area (Å²) in [5.74, 6) is -0.00253. The highest BCUT2D eigenvalue weighted by atomic mass is 16.3. The van der Waals surface area contributed by atoms with Crippen LogP contribution in [0.2, 0.25) is 0 Å². The molecule has 1 heterocycles. The summed E-state index contributed by atoms with van der Waals surface area (Å²) < 4.78 is 0. The van der Waals surface area contributed by atoms with Crippen molar-refractivity contribution in [1.82, 2.24) is 9.80 Å². The van der Waals surface area contributed by atoms with Crippen LogP contribution in [0.5, 0.6) is 0 Å². The van der Waals surface area contributed by atoms with Crippen molar-refractivity contribution < 1.29 is 14.7 Å². The van der Waals surface area contributed by atoms with Gasteiger partial charge in [0, 0.05) is 32.9 Å². The van der Waals surface area contributed by atoms with Crippen LogP contribution < -0.4 is 0 Å². The number of benzene rings is 1. The fraction of sp³-hybridized carbons (Fsp3) is 0.545. The molecule has 0 unspecified atom stereocenters. The van der Waals surface area contributed by atoms with Crippen LogP contribution in [0.25, 0.3) is 5.57 Å². The van der Waals surface area contributed by atoms with Gasteiger partial charge in [-0.2, -0.15) is 0 Å². The molecule has 0 saturated carbocycles. The summed E-state index contributed by atoms with van der Waals surface area (Å²) >= 11 is 0. The lowest BCUT2D eigenvalue weighted by molar-refractivity contribution is -0.152. The second-order valence-electron chi connectivity index (χ2n) is 7.57. The molecule has 1 N–H and O–H groups in total. The van der Waals surface area contributed by atoms with E-state index < -0.39 is 0 Å². The van der Waals surface area contributed by atoms with Crippen LogP contribution in [0, 0.1) is 0 Å². The Hall–Kier alpha value is -2.14. The molecule has 27 heavy (non-hydrogen) atoms. The van der Waals surface area contributed by atoms with E-state index in [1.165, 1.54) is 24.5 Å². The van der Waals surface area contributed by atoms with E-state index in [0.29, 0.717) is 13.1 Å². The summed E-state index contributed by atoms with van der Waals surface area (Å²) in [6.45, 7) is 6.08. The van der Waals surface area contributed by atoms with E-state index in [1.54, 1.807) is 16.7 Å². The third kappa shape index (κ3) is 3.79. The van der Waals surface area contributed by atoms with Gasteiger partial charge < -0.3 is 14.9 Å². The smallest absolute Gasteiger partial charge is 0.220 e. The van der Waals surface area contributed by atoms with Crippen molar-refractivity contribution in [3.63, 3.8) is 0 Å². The van der Waals surface area contributed by atoms with Gasteiger partial charge in [-0.05, 0) is 42.9 Å². The number of amides is 2. The molecular weight excluding hydrogens is 340 g/mol. The quantitative estimate of drug-likeness (QED) is 0.838. The number of aliphatic hydroxyl groups excluding tert-OH is 1. The lowest BCUT2D eigenvalue weighted by Gasteiger charge is -2.55. The topological polar surface area (TPSA) is 60.9 Å². The Kier molecular flexibility index (Phi) is 6.00. The summed E-state index contributed by atoms with van der Waals surface area (Å²) in [5.41, 5.74) is 3.79. The normalized spacial score (nSPS) is 24.4. The molecule has 1 aliphatic heterocycles. The Morgan fingerprint density at radius 2 is 1.89 bits per heavy atom. The molecule has 0 aromatic heterocycles.